The summed E-state index contributed by atoms with van der Waals surface area (Å²) in [5.41, 5.74) is 1.69. The van der Waals surface area contributed by atoms with E-state index < -0.39 is 8.80 Å². The summed E-state index contributed by atoms with van der Waals surface area (Å²) in [7, 11) is -2.75. The largest absolute Gasteiger partial charge is 0.500 e. The van der Waals surface area contributed by atoms with Crippen LogP contribution in [0, 0.1) is 0 Å². The minimum Gasteiger partial charge on any atom is -0.374 e. The second-order valence-corrected chi connectivity index (χ2v) is 10.0. The second kappa shape index (κ2) is 10.8. The number of nitrogens with one attached hydrogen (secondary N) is 1. The first-order valence-corrected chi connectivity index (χ1v) is 12.9. The van der Waals surface area contributed by atoms with Crippen LogP contribution in [0.1, 0.15) is 69.4 Å². The van der Waals surface area contributed by atoms with Crippen LogP contribution < -0.4 is 5.32 Å². The van der Waals surface area contributed by atoms with Crippen molar-refractivity contribution in [1.82, 2.24) is 5.32 Å². The van der Waals surface area contributed by atoms with Gasteiger partial charge in [-0.25, -0.2) is 0 Å². The third-order valence-electron chi connectivity index (χ3n) is 5.23. The Kier molecular flexibility index (Phi) is 8.08. The molecule has 0 heterocycles. The minimum atomic E-state index is -2.75. The van der Waals surface area contributed by atoms with Gasteiger partial charge in [-0.1, -0.05) is 24.3 Å². The molecule has 0 radical (unpaired) electrons. The zero-order valence-electron chi connectivity index (χ0n) is 18.7. The summed E-state index contributed by atoms with van der Waals surface area (Å²) in [6.07, 6.45) is 0.633. The lowest BCUT2D eigenvalue weighted by Crippen LogP contribution is -2.46. The highest BCUT2D eigenvalue weighted by Gasteiger charge is 2.39. The summed E-state index contributed by atoms with van der Waals surface area (Å²) in [5.74, 6) is -0.750. The highest BCUT2D eigenvalue weighted by molar-refractivity contribution is 6.60. The van der Waals surface area contributed by atoms with Crippen molar-refractivity contribution >= 4 is 26.3 Å². The average molecular weight is 456 g/mol. The van der Waals surface area contributed by atoms with Gasteiger partial charge in [-0.3, -0.25) is 14.4 Å². The standard InChI is InChI=1S/C24H29NO6Si/c1-4-29-32(30-5-2,31-6-3)15-9-14-25-24(28)17-12-13-20-21(16-17)23(27)19-11-8-7-10-18(19)22(20)26/h7-8,10-13,16H,4-6,9,14-15H2,1-3H3,(H,25,28). The number of benzene rings is 2. The van der Waals surface area contributed by atoms with E-state index in [-0.39, 0.29) is 23.0 Å². The van der Waals surface area contributed by atoms with Crippen LogP contribution in [-0.4, -0.2) is 52.6 Å². The third kappa shape index (κ3) is 5.04. The van der Waals surface area contributed by atoms with Crippen molar-refractivity contribution in [3.05, 3.63) is 70.3 Å². The van der Waals surface area contributed by atoms with E-state index in [0.29, 0.717) is 61.1 Å². The van der Waals surface area contributed by atoms with Gasteiger partial charge in [-0.15, -0.1) is 0 Å². The van der Waals surface area contributed by atoms with Crippen LogP contribution in [0.3, 0.4) is 0 Å². The van der Waals surface area contributed by atoms with Crippen LogP contribution in [0.2, 0.25) is 6.04 Å². The summed E-state index contributed by atoms with van der Waals surface area (Å²) >= 11 is 0. The lowest BCUT2D eigenvalue weighted by atomic mass is 9.83. The molecule has 2 aromatic carbocycles. The minimum absolute atomic E-state index is 0.203. The molecule has 0 spiro atoms. The normalized spacial score (nSPS) is 13.0. The molecule has 1 amide bonds. The molecule has 8 heteroatoms. The Labute approximate surface area is 189 Å². The number of fused-ring (bicyclic) bond motifs is 2. The molecule has 3 rings (SSSR count). The van der Waals surface area contributed by atoms with E-state index in [4.69, 9.17) is 13.3 Å². The molecule has 32 heavy (non-hydrogen) atoms. The van der Waals surface area contributed by atoms with Gasteiger partial charge in [0.05, 0.1) is 0 Å². The van der Waals surface area contributed by atoms with Gasteiger partial charge in [-0.05, 0) is 45.4 Å². The van der Waals surface area contributed by atoms with Crippen LogP contribution in [-0.2, 0) is 13.3 Å². The topological polar surface area (TPSA) is 90.9 Å². The van der Waals surface area contributed by atoms with Gasteiger partial charge < -0.3 is 18.6 Å². The molecule has 1 N–H and O–H groups in total. The highest BCUT2D eigenvalue weighted by Crippen LogP contribution is 2.28. The zero-order valence-corrected chi connectivity index (χ0v) is 19.7. The predicted octanol–water partition coefficient (Wildman–Crippen LogP) is 3.63. The Balaban J connectivity index is 1.65. The Morgan fingerprint density at radius 1 is 0.812 bits per heavy atom. The molecule has 0 aromatic heterocycles. The van der Waals surface area contributed by atoms with Crippen molar-refractivity contribution in [2.45, 2.75) is 33.2 Å². The summed E-state index contributed by atoms with van der Waals surface area (Å²) in [4.78, 5) is 38.3. The molecule has 0 bridgehead atoms. The first-order valence-electron chi connectivity index (χ1n) is 11.0. The molecule has 0 unspecified atom stereocenters. The maximum Gasteiger partial charge on any atom is 0.500 e. The molecule has 1 aliphatic carbocycles. The summed E-state index contributed by atoms with van der Waals surface area (Å²) in [6, 6.07) is 12.0. The van der Waals surface area contributed by atoms with Gasteiger partial charge in [-0.2, -0.15) is 0 Å². The first kappa shape index (κ1) is 24.0. The van der Waals surface area contributed by atoms with Gasteiger partial charge in [0.1, 0.15) is 0 Å². The lowest BCUT2D eigenvalue weighted by Gasteiger charge is -2.28. The maximum absolute atomic E-state index is 12.9. The number of amides is 1. The van der Waals surface area contributed by atoms with Gasteiger partial charge in [0, 0.05) is 60.2 Å². The number of ketones is 2. The van der Waals surface area contributed by atoms with Crippen LogP contribution in [0.5, 0.6) is 0 Å². The van der Waals surface area contributed by atoms with E-state index in [9.17, 15) is 14.4 Å². The highest BCUT2D eigenvalue weighted by atomic mass is 28.4. The molecule has 0 aliphatic heterocycles. The number of carbonyl (C=O) groups is 3. The Morgan fingerprint density at radius 3 is 1.91 bits per heavy atom. The molecular weight excluding hydrogens is 426 g/mol. The third-order valence-corrected chi connectivity index (χ3v) is 8.38. The smallest absolute Gasteiger partial charge is 0.374 e. The zero-order chi connectivity index (χ0) is 23.1. The number of carbonyl (C=O) groups excluding carboxylic acids is 3. The van der Waals surface area contributed by atoms with E-state index in [1.807, 2.05) is 20.8 Å². The van der Waals surface area contributed by atoms with Crippen molar-refractivity contribution in [3.63, 3.8) is 0 Å². The van der Waals surface area contributed by atoms with Crippen molar-refractivity contribution in [1.29, 1.82) is 0 Å². The van der Waals surface area contributed by atoms with Crippen molar-refractivity contribution in [2.24, 2.45) is 0 Å². The average Bonchev–Trinajstić information content (AvgIpc) is 2.80. The predicted molar refractivity (Wildman–Crippen MR) is 122 cm³/mol. The van der Waals surface area contributed by atoms with Crippen LogP contribution >= 0.6 is 0 Å². The Morgan fingerprint density at radius 2 is 1.34 bits per heavy atom. The maximum atomic E-state index is 12.9. The molecule has 0 saturated carbocycles. The van der Waals surface area contributed by atoms with Crippen molar-refractivity contribution in [3.8, 4) is 0 Å². The molecular formula is C24H29NO6Si. The fourth-order valence-electron chi connectivity index (χ4n) is 3.85. The van der Waals surface area contributed by atoms with Gasteiger partial charge >= 0.3 is 8.80 Å². The number of hydrogen-bond acceptors (Lipinski definition) is 6. The molecule has 0 fully saturated rings. The van der Waals surface area contributed by atoms with E-state index >= 15 is 0 Å². The van der Waals surface area contributed by atoms with Gasteiger partial charge in [0.25, 0.3) is 5.91 Å². The molecule has 1 aliphatic rings. The second-order valence-electron chi connectivity index (χ2n) is 7.31. The Hall–Kier alpha value is -2.65. The number of hydrogen-bond donors (Lipinski definition) is 1. The monoisotopic (exact) mass is 455 g/mol. The van der Waals surface area contributed by atoms with Crippen LogP contribution in [0.25, 0.3) is 0 Å². The fourth-order valence-corrected chi connectivity index (χ4v) is 6.46. The first-order chi connectivity index (χ1) is 15.5. The summed E-state index contributed by atoms with van der Waals surface area (Å²) in [6.45, 7) is 7.64. The van der Waals surface area contributed by atoms with Crippen LogP contribution in [0.4, 0.5) is 0 Å². The van der Waals surface area contributed by atoms with E-state index in [1.165, 1.54) is 6.07 Å². The molecule has 170 valence electrons. The summed E-state index contributed by atoms with van der Waals surface area (Å²) in [5, 5.41) is 2.87. The molecule has 2 aromatic rings. The quantitative estimate of drug-likeness (QED) is 0.351. The molecule has 0 atom stereocenters. The SMILES string of the molecule is CCO[Si](CCCNC(=O)c1ccc2c(c1)C(=O)c1ccccc1C2=O)(OCC)OCC. The van der Waals surface area contributed by atoms with Gasteiger partial charge in [0.2, 0.25) is 0 Å². The van der Waals surface area contributed by atoms with Gasteiger partial charge in [0.15, 0.2) is 11.6 Å². The fraction of sp³-hybridized carbons (Fsp3) is 0.375. The van der Waals surface area contributed by atoms with Crippen molar-refractivity contribution in [2.75, 3.05) is 26.4 Å². The van der Waals surface area contributed by atoms with E-state index in [0.717, 1.165) is 0 Å². The lowest BCUT2D eigenvalue weighted by molar-refractivity contribution is 0.0704. The Bertz CT molecular complexity index is 989. The summed E-state index contributed by atoms with van der Waals surface area (Å²) < 4.78 is 17.5. The van der Waals surface area contributed by atoms with E-state index in [2.05, 4.69) is 5.32 Å². The number of rotatable bonds is 11. The molecule has 0 saturated heterocycles. The van der Waals surface area contributed by atoms with Crippen molar-refractivity contribution < 1.29 is 27.7 Å². The van der Waals surface area contributed by atoms with E-state index in [1.54, 1.807) is 36.4 Å². The molecule has 7 nitrogen and oxygen atoms in total. The van der Waals surface area contributed by atoms with Crippen LogP contribution in [0.15, 0.2) is 42.5 Å².